The highest BCUT2D eigenvalue weighted by molar-refractivity contribution is 4.65. The van der Waals surface area contributed by atoms with Crippen LogP contribution in [-0.4, -0.2) is 37.6 Å². The summed E-state index contributed by atoms with van der Waals surface area (Å²) in [6, 6.07) is -0.0657. The van der Waals surface area contributed by atoms with E-state index < -0.39 is 0 Å². The van der Waals surface area contributed by atoms with Crippen LogP contribution in [-0.2, 0) is 0 Å². The Labute approximate surface area is 73.4 Å². The highest BCUT2D eigenvalue weighted by Gasteiger charge is 2.05. The molecular weight excluding hydrogens is 159 g/mol. The molecule has 0 spiro atoms. The topological polar surface area (TPSA) is 44.3 Å². The van der Waals surface area contributed by atoms with Crippen molar-refractivity contribution < 1.29 is 9.50 Å². The number of hydrogen-bond acceptors (Lipinski definition) is 3. The lowest BCUT2D eigenvalue weighted by Gasteiger charge is -2.14. The molecule has 0 aliphatic carbocycles. The fourth-order valence-corrected chi connectivity index (χ4v) is 0.938. The number of aliphatic hydroxyl groups is 1. The predicted octanol–water partition coefficient (Wildman–Crippen LogP) is 0.254. The number of rotatable bonds is 8. The van der Waals surface area contributed by atoms with Crippen LogP contribution in [0.15, 0.2) is 0 Å². The molecule has 0 bridgehead atoms. The number of halogens is 1. The highest BCUT2D eigenvalue weighted by atomic mass is 19.1. The summed E-state index contributed by atoms with van der Waals surface area (Å²) >= 11 is 0. The summed E-state index contributed by atoms with van der Waals surface area (Å²) in [5.74, 6) is 0. The van der Waals surface area contributed by atoms with Gasteiger partial charge in [0.25, 0.3) is 0 Å². The van der Waals surface area contributed by atoms with Gasteiger partial charge in [0.2, 0.25) is 0 Å². The SMILES string of the molecule is CCCN[C@H](CF)CCNCO. The van der Waals surface area contributed by atoms with Crippen LogP contribution in [0.4, 0.5) is 4.39 Å². The van der Waals surface area contributed by atoms with E-state index in [0.717, 1.165) is 19.4 Å². The van der Waals surface area contributed by atoms with Gasteiger partial charge in [0.15, 0.2) is 0 Å². The van der Waals surface area contributed by atoms with Gasteiger partial charge in [-0.05, 0) is 25.9 Å². The van der Waals surface area contributed by atoms with Crippen molar-refractivity contribution in [3.8, 4) is 0 Å². The Morgan fingerprint density at radius 3 is 2.67 bits per heavy atom. The zero-order valence-electron chi connectivity index (χ0n) is 7.65. The molecule has 0 aliphatic heterocycles. The maximum atomic E-state index is 12.3. The average Bonchev–Trinajstić information content (AvgIpc) is 2.11. The second-order valence-corrected chi connectivity index (χ2v) is 2.75. The molecule has 4 heteroatoms. The Morgan fingerprint density at radius 1 is 1.42 bits per heavy atom. The molecular formula is C8H19FN2O. The molecule has 0 aromatic carbocycles. The highest BCUT2D eigenvalue weighted by Crippen LogP contribution is 1.91. The van der Waals surface area contributed by atoms with E-state index in [9.17, 15) is 4.39 Å². The smallest absolute Gasteiger partial charge is 0.105 e. The summed E-state index contributed by atoms with van der Waals surface area (Å²) in [7, 11) is 0. The Kier molecular flexibility index (Phi) is 8.76. The van der Waals surface area contributed by atoms with Crippen LogP contribution in [0.2, 0.25) is 0 Å². The maximum Gasteiger partial charge on any atom is 0.105 e. The molecule has 0 aromatic rings. The molecule has 0 rings (SSSR count). The van der Waals surface area contributed by atoms with Crippen LogP contribution in [0, 0.1) is 0 Å². The van der Waals surface area contributed by atoms with E-state index in [1.807, 2.05) is 6.92 Å². The summed E-state index contributed by atoms with van der Waals surface area (Å²) in [6.07, 6.45) is 1.74. The Balaban J connectivity index is 3.26. The number of hydrogen-bond donors (Lipinski definition) is 3. The number of aliphatic hydroxyl groups excluding tert-OH is 1. The Morgan fingerprint density at radius 2 is 2.17 bits per heavy atom. The minimum atomic E-state index is -0.340. The second-order valence-electron chi connectivity index (χ2n) is 2.75. The van der Waals surface area contributed by atoms with E-state index in [1.54, 1.807) is 0 Å². The van der Waals surface area contributed by atoms with E-state index in [-0.39, 0.29) is 19.4 Å². The standard InChI is InChI=1S/C8H19FN2O/c1-2-4-11-8(6-9)3-5-10-7-12/h8,10-12H,2-7H2,1H3/t8-/m0/s1. The van der Waals surface area contributed by atoms with Gasteiger partial charge in [-0.3, -0.25) is 5.32 Å². The van der Waals surface area contributed by atoms with Gasteiger partial charge in [-0.15, -0.1) is 0 Å². The van der Waals surface area contributed by atoms with Gasteiger partial charge >= 0.3 is 0 Å². The van der Waals surface area contributed by atoms with Gasteiger partial charge in [-0.25, -0.2) is 4.39 Å². The minimum Gasteiger partial charge on any atom is -0.381 e. The van der Waals surface area contributed by atoms with E-state index in [0.29, 0.717) is 6.54 Å². The molecule has 0 unspecified atom stereocenters. The van der Waals surface area contributed by atoms with E-state index in [4.69, 9.17) is 5.11 Å². The molecule has 0 radical (unpaired) electrons. The Hall–Kier alpha value is -0.190. The van der Waals surface area contributed by atoms with E-state index in [1.165, 1.54) is 0 Å². The van der Waals surface area contributed by atoms with Gasteiger partial charge < -0.3 is 10.4 Å². The molecule has 3 N–H and O–H groups in total. The first-order valence-corrected chi connectivity index (χ1v) is 4.46. The van der Waals surface area contributed by atoms with Crippen molar-refractivity contribution in [2.24, 2.45) is 0 Å². The summed E-state index contributed by atoms with van der Waals surface area (Å²) in [4.78, 5) is 0. The van der Waals surface area contributed by atoms with Crippen LogP contribution < -0.4 is 10.6 Å². The third-order valence-corrected chi connectivity index (χ3v) is 1.65. The Bertz CT molecular complexity index is 93.1. The van der Waals surface area contributed by atoms with Crippen molar-refractivity contribution in [2.45, 2.75) is 25.8 Å². The zero-order chi connectivity index (χ0) is 9.23. The quantitative estimate of drug-likeness (QED) is 0.369. The van der Waals surface area contributed by atoms with Crippen LogP contribution in [0.1, 0.15) is 19.8 Å². The van der Waals surface area contributed by atoms with Gasteiger partial charge in [0, 0.05) is 6.04 Å². The molecule has 12 heavy (non-hydrogen) atoms. The third kappa shape index (κ3) is 6.52. The van der Waals surface area contributed by atoms with Crippen LogP contribution in [0.3, 0.4) is 0 Å². The van der Waals surface area contributed by atoms with Crippen molar-refractivity contribution in [1.82, 2.24) is 10.6 Å². The second kappa shape index (κ2) is 8.90. The summed E-state index contributed by atoms with van der Waals surface area (Å²) < 4.78 is 12.3. The first kappa shape index (κ1) is 11.8. The van der Waals surface area contributed by atoms with Crippen molar-refractivity contribution in [1.29, 1.82) is 0 Å². The van der Waals surface area contributed by atoms with Crippen LogP contribution >= 0.6 is 0 Å². The predicted molar refractivity (Wildman–Crippen MR) is 47.8 cm³/mol. The molecule has 0 fully saturated rings. The zero-order valence-corrected chi connectivity index (χ0v) is 7.65. The maximum absolute atomic E-state index is 12.3. The number of nitrogens with one attached hydrogen (secondary N) is 2. The van der Waals surface area contributed by atoms with Gasteiger partial charge in [-0.1, -0.05) is 6.92 Å². The molecule has 3 nitrogen and oxygen atoms in total. The molecule has 1 atom stereocenters. The first-order valence-electron chi connectivity index (χ1n) is 4.46. The van der Waals surface area contributed by atoms with Crippen molar-refractivity contribution >= 4 is 0 Å². The average molecular weight is 178 g/mol. The molecule has 0 saturated heterocycles. The largest absolute Gasteiger partial charge is 0.381 e. The van der Waals surface area contributed by atoms with Crippen molar-refractivity contribution in [3.63, 3.8) is 0 Å². The van der Waals surface area contributed by atoms with E-state index in [2.05, 4.69) is 10.6 Å². The lowest BCUT2D eigenvalue weighted by molar-refractivity contribution is 0.253. The summed E-state index contributed by atoms with van der Waals surface area (Å²) in [5, 5.41) is 14.2. The summed E-state index contributed by atoms with van der Waals surface area (Å²) in [5.41, 5.74) is 0. The molecule has 0 aromatic heterocycles. The van der Waals surface area contributed by atoms with Crippen molar-refractivity contribution in [3.05, 3.63) is 0 Å². The van der Waals surface area contributed by atoms with Gasteiger partial charge in [0.05, 0.1) is 6.73 Å². The van der Waals surface area contributed by atoms with Gasteiger partial charge in [-0.2, -0.15) is 0 Å². The van der Waals surface area contributed by atoms with Crippen LogP contribution in [0.25, 0.3) is 0 Å². The summed E-state index contributed by atoms with van der Waals surface area (Å²) in [6.45, 7) is 3.18. The molecule has 0 aliphatic rings. The molecule has 0 saturated carbocycles. The van der Waals surface area contributed by atoms with Crippen molar-refractivity contribution in [2.75, 3.05) is 26.5 Å². The normalized spacial score (nSPS) is 13.2. The van der Waals surface area contributed by atoms with Gasteiger partial charge in [0.1, 0.15) is 6.67 Å². The minimum absolute atomic E-state index is 0.0349. The fraction of sp³-hybridized carbons (Fsp3) is 1.00. The first-order chi connectivity index (χ1) is 5.85. The number of alkyl halides is 1. The lowest BCUT2D eigenvalue weighted by Crippen LogP contribution is -2.34. The lowest BCUT2D eigenvalue weighted by atomic mass is 10.2. The van der Waals surface area contributed by atoms with Crippen LogP contribution in [0.5, 0.6) is 0 Å². The van der Waals surface area contributed by atoms with E-state index >= 15 is 0 Å². The molecule has 74 valence electrons. The molecule has 0 amide bonds. The molecule has 0 heterocycles. The fourth-order valence-electron chi connectivity index (χ4n) is 0.938. The monoisotopic (exact) mass is 178 g/mol. The third-order valence-electron chi connectivity index (χ3n) is 1.65.